The minimum Gasteiger partial charge on any atom is -0.462 e. The molecule has 3 saturated carbocycles. The highest BCUT2D eigenvalue weighted by Crippen LogP contribution is 2.48. The minimum atomic E-state index is -0.598. The van der Waals surface area contributed by atoms with Crippen LogP contribution in [0.1, 0.15) is 111 Å². The Balaban J connectivity index is 1.53. The van der Waals surface area contributed by atoms with Crippen LogP contribution in [0.2, 0.25) is 0 Å². The summed E-state index contributed by atoms with van der Waals surface area (Å²) in [5.41, 5.74) is 6.30. The van der Waals surface area contributed by atoms with Gasteiger partial charge in [-0.1, -0.05) is 20.3 Å². The Labute approximate surface area is 283 Å². The average molecular weight is 667 g/mol. The predicted molar refractivity (Wildman–Crippen MR) is 180 cm³/mol. The maximum Gasteiger partial charge on any atom is 0.302 e. The summed E-state index contributed by atoms with van der Waals surface area (Å²) >= 11 is 0. The van der Waals surface area contributed by atoms with Crippen LogP contribution >= 0.6 is 0 Å². The fraction of sp³-hybridized carbons (Fsp3) is 0.946. The quantitative estimate of drug-likeness (QED) is 0.170. The van der Waals surface area contributed by atoms with Crippen molar-refractivity contribution in [1.29, 1.82) is 0 Å². The number of ether oxygens (including phenoxy) is 3. The number of hydrogen-bond donors (Lipinski definition) is 5. The number of aliphatic hydroxyl groups is 3. The van der Waals surface area contributed by atoms with Gasteiger partial charge >= 0.3 is 11.9 Å². The molecule has 3 aliphatic carbocycles. The molecule has 13 atom stereocenters. The van der Waals surface area contributed by atoms with Crippen molar-refractivity contribution >= 4 is 11.9 Å². The number of carbonyl (C=O) groups is 2. The zero-order valence-corrected chi connectivity index (χ0v) is 29.6. The van der Waals surface area contributed by atoms with E-state index in [9.17, 15) is 24.9 Å². The van der Waals surface area contributed by atoms with E-state index in [1.807, 2.05) is 0 Å². The molecule has 1 heterocycles. The first-order valence-corrected chi connectivity index (χ1v) is 18.8. The minimum absolute atomic E-state index is 0.0607. The number of carbonyl (C=O) groups excluding carboxylic acids is 2. The number of aliphatic hydroxyl groups excluding tert-OH is 3. The molecular formula is C37H66N2O8. The Morgan fingerprint density at radius 3 is 2.34 bits per heavy atom. The van der Waals surface area contributed by atoms with Gasteiger partial charge in [0.05, 0.1) is 31.6 Å². The molecule has 0 radical (unpaired) electrons. The van der Waals surface area contributed by atoms with Crippen LogP contribution in [0.3, 0.4) is 0 Å². The lowest BCUT2D eigenvalue weighted by atomic mass is 9.62. The summed E-state index contributed by atoms with van der Waals surface area (Å²) in [5, 5.41) is 34.1. The van der Waals surface area contributed by atoms with Gasteiger partial charge in [-0.3, -0.25) is 9.59 Å². The summed E-state index contributed by atoms with van der Waals surface area (Å²) in [6.45, 7) is 8.63. The molecule has 1 aliphatic heterocycles. The molecule has 272 valence electrons. The summed E-state index contributed by atoms with van der Waals surface area (Å²) in [6, 6.07) is 0. The maximum absolute atomic E-state index is 12.5. The van der Waals surface area contributed by atoms with Crippen LogP contribution < -0.4 is 11.1 Å². The normalized spacial score (nSPS) is 37.8. The van der Waals surface area contributed by atoms with Crippen LogP contribution in [0.15, 0.2) is 0 Å². The molecule has 0 amide bonds. The summed E-state index contributed by atoms with van der Waals surface area (Å²) < 4.78 is 18.0. The van der Waals surface area contributed by atoms with E-state index < -0.39 is 18.3 Å². The third kappa shape index (κ3) is 11.4. The lowest BCUT2D eigenvalue weighted by Crippen LogP contribution is -2.50. The topological polar surface area (TPSA) is 161 Å². The van der Waals surface area contributed by atoms with Gasteiger partial charge in [-0.15, -0.1) is 0 Å². The van der Waals surface area contributed by atoms with Crippen LogP contribution in [-0.2, 0) is 23.8 Å². The number of fused-ring (bicyclic) bond motifs is 2. The Bertz CT molecular complexity index is 967. The summed E-state index contributed by atoms with van der Waals surface area (Å²) in [4.78, 5) is 25.0. The van der Waals surface area contributed by atoms with Gasteiger partial charge in [-0.25, -0.2) is 0 Å². The fourth-order valence-electron chi connectivity index (χ4n) is 10.3. The number of nitrogens with two attached hydrogens (primary N) is 1. The summed E-state index contributed by atoms with van der Waals surface area (Å²) in [7, 11) is 0. The average Bonchev–Trinajstić information content (AvgIpc) is 3.00. The van der Waals surface area contributed by atoms with E-state index in [4.69, 9.17) is 19.9 Å². The highest BCUT2D eigenvalue weighted by molar-refractivity contribution is 5.66. The molecule has 0 aromatic rings. The molecule has 0 aromatic carbocycles. The molecule has 6 N–H and O–H groups in total. The van der Waals surface area contributed by atoms with Gasteiger partial charge in [-0.2, -0.15) is 0 Å². The Morgan fingerprint density at radius 1 is 0.915 bits per heavy atom. The standard InChI is InChI=1S/C37H66N2O8/c1-22(2)32-8-5-25-13-26(21-41)15-30(16-29(32)14-25)35(47-24(4)43)19-31(46-23(3)42)7-6-27-17-36(45-12-11-40)34(44)20-33(27)28-9-10-39-37(38)18-28/h22,25-37,39-41,44H,5-21,38H2,1-4H3. The van der Waals surface area contributed by atoms with Crippen LogP contribution in [0, 0.1) is 53.3 Å². The van der Waals surface area contributed by atoms with Crippen molar-refractivity contribution in [2.24, 2.45) is 59.0 Å². The van der Waals surface area contributed by atoms with Gasteiger partial charge in [-0.05, 0) is 130 Å². The van der Waals surface area contributed by atoms with Gasteiger partial charge in [0.1, 0.15) is 12.2 Å². The lowest BCUT2D eigenvalue weighted by Gasteiger charge is -2.45. The molecule has 2 bridgehead atoms. The summed E-state index contributed by atoms with van der Waals surface area (Å²) in [6.07, 6.45) is 9.56. The number of piperidine rings is 1. The Hall–Kier alpha value is -1.30. The van der Waals surface area contributed by atoms with E-state index in [-0.39, 0.29) is 67.7 Å². The third-order valence-electron chi connectivity index (χ3n) is 12.3. The van der Waals surface area contributed by atoms with Crippen molar-refractivity contribution < 1.29 is 39.1 Å². The molecule has 4 aliphatic rings. The van der Waals surface area contributed by atoms with E-state index in [2.05, 4.69) is 19.2 Å². The van der Waals surface area contributed by atoms with Crippen LogP contribution in [0.5, 0.6) is 0 Å². The highest BCUT2D eigenvalue weighted by atomic mass is 16.6. The van der Waals surface area contributed by atoms with Crippen molar-refractivity contribution in [1.82, 2.24) is 5.32 Å². The predicted octanol–water partition coefficient (Wildman–Crippen LogP) is 4.17. The third-order valence-corrected chi connectivity index (χ3v) is 12.3. The van der Waals surface area contributed by atoms with Gasteiger partial charge in [0.2, 0.25) is 0 Å². The molecule has 10 nitrogen and oxygen atoms in total. The second kappa shape index (κ2) is 18.6. The van der Waals surface area contributed by atoms with Gasteiger partial charge in [0, 0.05) is 26.9 Å². The molecule has 0 aromatic heterocycles. The van der Waals surface area contributed by atoms with E-state index in [0.29, 0.717) is 55.3 Å². The van der Waals surface area contributed by atoms with Crippen LogP contribution in [0.25, 0.3) is 0 Å². The van der Waals surface area contributed by atoms with E-state index >= 15 is 0 Å². The molecule has 13 unspecified atom stereocenters. The molecular weight excluding hydrogens is 600 g/mol. The lowest BCUT2D eigenvalue weighted by molar-refractivity contribution is -0.157. The molecule has 4 fully saturated rings. The van der Waals surface area contributed by atoms with Gasteiger partial charge < -0.3 is 40.6 Å². The second-order valence-electron chi connectivity index (χ2n) is 16.0. The first kappa shape index (κ1) is 38.5. The van der Waals surface area contributed by atoms with Crippen molar-refractivity contribution in [3.05, 3.63) is 0 Å². The molecule has 4 rings (SSSR count). The Morgan fingerprint density at radius 2 is 1.68 bits per heavy atom. The first-order valence-electron chi connectivity index (χ1n) is 18.8. The zero-order valence-electron chi connectivity index (χ0n) is 29.6. The number of hydrogen-bond acceptors (Lipinski definition) is 10. The molecule has 10 heteroatoms. The highest BCUT2D eigenvalue weighted by Gasteiger charge is 2.43. The van der Waals surface area contributed by atoms with E-state index in [0.717, 1.165) is 45.1 Å². The van der Waals surface area contributed by atoms with Crippen LogP contribution in [-0.4, -0.2) is 84.2 Å². The number of esters is 2. The van der Waals surface area contributed by atoms with E-state index in [1.165, 1.54) is 33.1 Å². The smallest absolute Gasteiger partial charge is 0.302 e. The number of rotatable bonds is 14. The van der Waals surface area contributed by atoms with Crippen molar-refractivity contribution in [2.45, 2.75) is 142 Å². The van der Waals surface area contributed by atoms with Crippen LogP contribution in [0.4, 0.5) is 0 Å². The maximum atomic E-state index is 12.5. The van der Waals surface area contributed by atoms with Crippen molar-refractivity contribution in [2.75, 3.05) is 26.4 Å². The zero-order chi connectivity index (χ0) is 34.1. The molecule has 1 saturated heterocycles. The van der Waals surface area contributed by atoms with Gasteiger partial charge in [0.15, 0.2) is 0 Å². The molecule has 0 spiro atoms. The Kier molecular flexibility index (Phi) is 15.3. The van der Waals surface area contributed by atoms with E-state index in [1.54, 1.807) is 0 Å². The largest absolute Gasteiger partial charge is 0.462 e. The monoisotopic (exact) mass is 666 g/mol. The van der Waals surface area contributed by atoms with Crippen molar-refractivity contribution in [3.63, 3.8) is 0 Å². The molecule has 47 heavy (non-hydrogen) atoms. The van der Waals surface area contributed by atoms with Gasteiger partial charge in [0.25, 0.3) is 0 Å². The summed E-state index contributed by atoms with van der Waals surface area (Å²) in [5.74, 6) is 2.91. The number of nitrogens with one attached hydrogen (secondary N) is 1. The SMILES string of the molecule is CC(=O)OC(CCC1CC(OCCO)C(O)CC1C1CCNC(N)C1)CC(OC(C)=O)C1CC(CO)CC2CCC(C(C)C)C(C2)C1. The first-order chi connectivity index (χ1) is 22.5. The second-order valence-corrected chi connectivity index (χ2v) is 16.0. The van der Waals surface area contributed by atoms with Crippen molar-refractivity contribution in [3.8, 4) is 0 Å². The fourth-order valence-corrected chi connectivity index (χ4v) is 10.3.